The van der Waals surface area contributed by atoms with Gasteiger partial charge in [-0.15, -0.1) is 0 Å². The summed E-state index contributed by atoms with van der Waals surface area (Å²) in [4.78, 5) is 28.7. The van der Waals surface area contributed by atoms with Crippen LogP contribution in [-0.2, 0) is 16.1 Å². The minimum atomic E-state index is -0.896. The van der Waals surface area contributed by atoms with Crippen LogP contribution >= 0.6 is 15.9 Å². The summed E-state index contributed by atoms with van der Waals surface area (Å²) in [7, 11) is 0. The molecular formula is C17H20BrN3O3. The Morgan fingerprint density at radius 3 is 2.79 bits per heavy atom. The van der Waals surface area contributed by atoms with Crippen LogP contribution in [0.2, 0.25) is 0 Å². The summed E-state index contributed by atoms with van der Waals surface area (Å²) >= 11 is 3.51. The van der Waals surface area contributed by atoms with Crippen LogP contribution in [0.3, 0.4) is 0 Å². The number of rotatable bonds is 7. The summed E-state index contributed by atoms with van der Waals surface area (Å²) < 4.78 is 0.949. The third-order valence-corrected chi connectivity index (χ3v) is 4.54. The quantitative estimate of drug-likeness (QED) is 0.754. The van der Waals surface area contributed by atoms with E-state index in [4.69, 9.17) is 0 Å². The second-order valence-corrected chi connectivity index (χ2v) is 6.43. The number of halogens is 1. The molecule has 1 heterocycles. The average molecular weight is 394 g/mol. The van der Waals surface area contributed by atoms with Crippen LogP contribution < -0.4 is 5.32 Å². The van der Waals surface area contributed by atoms with Gasteiger partial charge in [0.1, 0.15) is 6.04 Å². The molecule has 0 bridgehead atoms. The first kappa shape index (κ1) is 18.4. The monoisotopic (exact) mass is 393 g/mol. The number of carboxylic acid groups (broad SMARTS) is 1. The Morgan fingerprint density at radius 2 is 2.12 bits per heavy atom. The van der Waals surface area contributed by atoms with Crippen LogP contribution in [0, 0.1) is 0 Å². The molecule has 2 N–H and O–H groups in total. The van der Waals surface area contributed by atoms with Crippen LogP contribution in [0.4, 0.5) is 0 Å². The van der Waals surface area contributed by atoms with Crippen molar-refractivity contribution in [3.8, 4) is 0 Å². The van der Waals surface area contributed by atoms with Gasteiger partial charge in [0.05, 0.1) is 5.52 Å². The van der Waals surface area contributed by atoms with Crippen molar-refractivity contribution in [2.24, 2.45) is 0 Å². The van der Waals surface area contributed by atoms with Crippen LogP contribution in [0.1, 0.15) is 19.4 Å². The molecule has 1 amide bonds. The zero-order valence-electron chi connectivity index (χ0n) is 13.6. The van der Waals surface area contributed by atoms with E-state index in [9.17, 15) is 14.7 Å². The average Bonchev–Trinajstić information content (AvgIpc) is 2.55. The number of carbonyl (C=O) groups excluding carboxylic acids is 1. The van der Waals surface area contributed by atoms with Gasteiger partial charge in [0.15, 0.2) is 0 Å². The number of pyridine rings is 1. The molecule has 24 heavy (non-hydrogen) atoms. The number of fused-ring (bicyclic) bond motifs is 1. The van der Waals surface area contributed by atoms with Crippen LogP contribution in [0.5, 0.6) is 0 Å². The van der Waals surface area contributed by atoms with E-state index in [0.29, 0.717) is 19.6 Å². The molecule has 1 aromatic heterocycles. The van der Waals surface area contributed by atoms with Crippen molar-refractivity contribution >= 4 is 38.7 Å². The van der Waals surface area contributed by atoms with E-state index < -0.39 is 12.0 Å². The summed E-state index contributed by atoms with van der Waals surface area (Å²) in [5.41, 5.74) is 1.79. The molecule has 0 spiro atoms. The van der Waals surface area contributed by atoms with Crippen LogP contribution in [0.25, 0.3) is 10.9 Å². The molecular weight excluding hydrogens is 374 g/mol. The van der Waals surface area contributed by atoms with Crippen molar-refractivity contribution in [2.45, 2.75) is 26.4 Å². The highest BCUT2D eigenvalue weighted by Crippen LogP contribution is 2.26. The predicted molar refractivity (Wildman–Crippen MR) is 95.6 cm³/mol. The lowest BCUT2D eigenvalue weighted by Crippen LogP contribution is -2.42. The number of benzene rings is 1. The number of nitrogens with zero attached hydrogens (tertiary/aromatic N) is 2. The molecule has 1 aromatic carbocycles. The molecule has 0 aliphatic heterocycles. The SMILES string of the molecule is CC(=O)NCCN(Cc1ccc(Br)c2cccnc12)C(C)C(=O)O. The van der Waals surface area contributed by atoms with Crippen molar-refractivity contribution in [1.29, 1.82) is 0 Å². The van der Waals surface area contributed by atoms with Crippen molar-refractivity contribution in [3.05, 3.63) is 40.5 Å². The molecule has 1 atom stereocenters. The summed E-state index contributed by atoms with van der Waals surface area (Å²) in [6.07, 6.45) is 1.72. The molecule has 2 rings (SSSR count). The molecule has 0 aliphatic carbocycles. The highest BCUT2D eigenvalue weighted by Gasteiger charge is 2.21. The van der Waals surface area contributed by atoms with E-state index in [1.54, 1.807) is 13.1 Å². The Labute approximate surface area is 149 Å². The summed E-state index contributed by atoms with van der Waals surface area (Å²) in [6.45, 7) is 4.36. The predicted octanol–water partition coefficient (Wildman–Crippen LogP) is 2.41. The second-order valence-electron chi connectivity index (χ2n) is 5.57. The fraction of sp³-hybridized carbons (Fsp3) is 0.353. The maximum Gasteiger partial charge on any atom is 0.320 e. The van der Waals surface area contributed by atoms with Gasteiger partial charge >= 0.3 is 5.97 Å². The number of aliphatic carboxylic acids is 1. The molecule has 2 aromatic rings. The lowest BCUT2D eigenvalue weighted by Gasteiger charge is -2.26. The van der Waals surface area contributed by atoms with Gasteiger partial charge < -0.3 is 10.4 Å². The molecule has 7 heteroatoms. The molecule has 0 radical (unpaired) electrons. The first-order valence-electron chi connectivity index (χ1n) is 7.63. The Kier molecular flexibility index (Phi) is 6.28. The fourth-order valence-electron chi connectivity index (χ4n) is 2.48. The van der Waals surface area contributed by atoms with E-state index in [1.165, 1.54) is 6.92 Å². The number of aromatic nitrogens is 1. The Bertz CT molecular complexity index is 751. The van der Waals surface area contributed by atoms with Gasteiger partial charge in [0.25, 0.3) is 0 Å². The highest BCUT2D eigenvalue weighted by atomic mass is 79.9. The zero-order valence-corrected chi connectivity index (χ0v) is 15.2. The standard InChI is InChI=1S/C17H20BrN3O3/c1-11(17(23)24)21(9-8-19-12(2)22)10-13-5-6-15(18)14-4-3-7-20-16(13)14/h3-7,11H,8-10H2,1-2H3,(H,19,22)(H,23,24). The van der Waals surface area contributed by atoms with E-state index in [0.717, 1.165) is 20.9 Å². The van der Waals surface area contributed by atoms with Gasteiger partial charge in [-0.3, -0.25) is 19.5 Å². The van der Waals surface area contributed by atoms with Crippen LogP contribution in [0.15, 0.2) is 34.9 Å². The first-order valence-corrected chi connectivity index (χ1v) is 8.43. The molecule has 1 unspecified atom stereocenters. The summed E-state index contributed by atoms with van der Waals surface area (Å²) in [5, 5.41) is 13.0. The largest absolute Gasteiger partial charge is 0.480 e. The van der Waals surface area contributed by atoms with Gasteiger partial charge in [0, 0.05) is 42.6 Å². The lowest BCUT2D eigenvalue weighted by molar-refractivity contribution is -0.142. The maximum atomic E-state index is 11.4. The van der Waals surface area contributed by atoms with Gasteiger partial charge in [0.2, 0.25) is 5.91 Å². The van der Waals surface area contributed by atoms with E-state index in [1.807, 2.05) is 29.2 Å². The number of hydrogen-bond donors (Lipinski definition) is 2. The summed E-state index contributed by atoms with van der Waals surface area (Å²) in [6, 6.07) is 7.06. The minimum Gasteiger partial charge on any atom is -0.480 e. The third kappa shape index (κ3) is 4.52. The molecule has 6 nitrogen and oxygen atoms in total. The Balaban J connectivity index is 2.27. The van der Waals surface area contributed by atoms with Crippen LogP contribution in [-0.4, -0.2) is 46.0 Å². The van der Waals surface area contributed by atoms with Crippen molar-refractivity contribution in [1.82, 2.24) is 15.2 Å². The Hall–Kier alpha value is -1.99. The third-order valence-electron chi connectivity index (χ3n) is 3.85. The fourth-order valence-corrected chi connectivity index (χ4v) is 2.94. The van der Waals surface area contributed by atoms with E-state index in [-0.39, 0.29) is 5.91 Å². The van der Waals surface area contributed by atoms with E-state index in [2.05, 4.69) is 26.2 Å². The molecule has 0 saturated carbocycles. The number of carbonyl (C=O) groups is 2. The molecule has 128 valence electrons. The van der Waals surface area contributed by atoms with Gasteiger partial charge in [-0.1, -0.05) is 28.1 Å². The van der Waals surface area contributed by atoms with Gasteiger partial charge in [-0.2, -0.15) is 0 Å². The molecule has 0 saturated heterocycles. The number of nitrogens with one attached hydrogen (secondary N) is 1. The first-order chi connectivity index (χ1) is 11.4. The maximum absolute atomic E-state index is 11.4. The molecule has 0 fully saturated rings. The number of carboxylic acids is 1. The normalized spacial score (nSPS) is 12.3. The van der Waals surface area contributed by atoms with Crippen molar-refractivity contribution < 1.29 is 14.7 Å². The minimum absolute atomic E-state index is 0.131. The number of hydrogen-bond acceptors (Lipinski definition) is 4. The highest BCUT2D eigenvalue weighted by molar-refractivity contribution is 9.10. The van der Waals surface area contributed by atoms with E-state index >= 15 is 0 Å². The van der Waals surface area contributed by atoms with Crippen molar-refractivity contribution in [3.63, 3.8) is 0 Å². The summed E-state index contributed by atoms with van der Waals surface area (Å²) in [5.74, 6) is -1.03. The van der Waals surface area contributed by atoms with Gasteiger partial charge in [-0.05, 0) is 24.6 Å². The zero-order chi connectivity index (χ0) is 17.7. The topological polar surface area (TPSA) is 82.5 Å². The number of amides is 1. The molecule has 0 aliphatic rings. The lowest BCUT2D eigenvalue weighted by atomic mass is 10.1. The Morgan fingerprint density at radius 1 is 1.38 bits per heavy atom. The van der Waals surface area contributed by atoms with Gasteiger partial charge in [-0.25, -0.2) is 0 Å². The smallest absolute Gasteiger partial charge is 0.320 e. The second kappa shape index (κ2) is 8.21. The van der Waals surface area contributed by atoms with Crippen molar-refractivity contribution in [2.75, 3.05) is 13.1 Å².